The van der Waals surface area contributed by atoms with E-state index < -0.39 is 18.0 Å². The van der Waals surface area contributed by atoms with Crippen LogP contribution in [-0.4, -0.2) is 46.9 Å². The molecule has 2 atom stereocenters. The summed E-state index contributed by atoms with van der Waals surface area (Å²) in [6.07, 6.45) is 1.48. The fourth-order valence-corrected chi connectivity index (χ4v) is 2.18. The average molecular weight is 256 g/mol. The van der Waals surface area contributed by atoms with E-state index in [0.29, 0.717) is 19.5 Å². The molecule has 4 N–H and O–H groups in total. The van der Waals surface area contributed by atoms with Gasteiger partial charge in [-0.2, -0.15) is 0 Å². The van der Waals surface area contributed by atoms with Crippen LogP contribution in [0.25, 0.3) is 0 Å². The van der Waals surface area contributed by atoms with E-state index in [1.54, 1.807) is 6.92 Å². The fraction of sp³-hybridized carbons (Fsp3) is 0.727. The lowest BCUT2D eigenvalue weighted by Gasteiger charge is -2.35. The van der Waals surface area contributed by atoms with Crippen molar-refractivity contribution >= 4 is 17.6 Å². The molecule has 1 fully saturated rings. The van der Waals surface area contributed by atoms with Crippen molar-refractivity contribution in [1.82, 2.24) is 10.2 Å². The monoisotopic (exact) mass is 256 g/mol. The SMILES string of the molecule is CCC1CN(C(C)C(=O)NC(N)=O)CCC1=NO. The van der Waals surface area contributed by atoms with Crippen LogP contribution in [0.2, 0.25) is 0 Å². The third-order valence-corrected chi connectivity index (χ3v) is 3.38. The molecule has 102 valence electrons. The lowest BCUT2D eigenvalue weighted by Crippen LogP contribution is -2.52. The minimum absolute atomic E-state index is 0.146. The van der Waals surface area contributed by atoms with Gasteiger partial charge in [0.1, 0.15) is 0 Å². The molecule has 0 bridgehead atoms. The quantitative estimate of drug-likeness (QED) is 0.492. The number of carbonyl (C=O) groups excluding carboxylic acids is 2. The summed E-state index contributed by atoms with van der Waals surface area (Å²) < 4.78 is 0. The van der Waals surface area contributed by atoms with E-state index >= 15 is 0 Å². The molecule has 7 nitrogen and oxygen atoms in total. The number of urea groups is 1. The summed E-state index contributed by atoms with van der Waals surface area (Å²) >= 11 is 0. The van der Waals surface area contributed by atoms with Gasteiger partial charge in [0.25, 0.3) is 0 Å². The number of amides is 3. The Labute approximate surface area is 106 Å². The molecule has 0 saturated carbocycles. The first-order valence-electron chi connectivity index (χ1n) is 6.04. The molecule has 7 heteroatoms. The van der Waals surface area contributed by atoms with E-state index in [2.05, 4.69) is 10.5 Å². The van der Waals surface area contributed by atoms with Crippen molar-refractivity contribution in [3.05, 3.63) is 0 Å². The highest BCUT2D eigenvalue weighted by molar-refractivity contribution is 5.96. The molecular weight excluding hydrogens is 236 g/mol. The molecule has 1 heterocycles. The maximum atomic E-state index is 11.7. The summed E-state index contributed by atoms with van der Waals surface area (Å²) in [6, 6.07) is -1.26. The fourth-order valence-electron chi connectivity index (χ4n) is 2.18. The van der Waals surface area contributed by atoms with Crippen molar-refractivity contribution in [1.29, 1.82) is 0 Å². The normalized spacial score (nSPS) is 24.8. The van der Waals surface area contributed by atoms with Gasteiger partial charge >= 0.3 is 6.03 Å². The van der Waals surface area contributed by atoms with Crippen molar-refractivity contribution in [2.24, 2.45) is 16.8 Å². The van der Waals surface area contributed by atoms with Crippen molar-refractivity contribution in [2.45, 2.75) is 32.7 Å². The van der Waals surface area contributed by atoms with Gasteiger partial charge in [-0.25, -0.2) is 4.79 Å². The van der Waals surface area contributed by atoms with E-state index in [0.717, 1.165) is 12.1 Å². The Balaban J connectivity index is 2.63. The van der Waals surface area contributed by atoms with Crippen LogP contribution >= 0.6 is 0 Å². The number of oxime groups is 1. The van der Waals surface area contributed by atoms with Crippen molar-refractivity contribution < 1.29 is 14.8 Å². The van der Waals surface area contributed by atoms with Gasteiger partial charge in [0.2, 0.25) is 5.91 Å². The lowest BCUT2D eigenvalue weighted by atomic mass is 9.92. The number of hydrogen-bond acceptors (Lipinski definition) is 5. The van der Waals surface area contributed by atoms with Gasteiger partial charge in [0, 0.05) is 25.4 Å². The molecule has 1 aliphatic rings. The van der Waals surface area contributed by atoms with Crippen molar-refractivity contribution in [3.63, 3.8) is 0 Å². The number of rotatable bonds is 3. The smallest absolute Gasteiger partial charge is 0.318 e. The first kappa shape index (κ1) is 14.4. The van der Waals surface area contributed by atoms with E-state index in [-0.39, 0.29) is 5.92 Å². The van der Waals surface area contributed by atoms with Crippen LogP contribution in [0.4, 0.5) is 4.79 Å². The van der Waals surface area contributed by atoms with Crippen LogP contribution in [-0.2, 0) is 4.79 Å². The summed E-state index contributed by atoms with van der Waals surface area (Å²) in [4.78, 5) is 24.3. The maximum absolute atomic E-state index is 11.7. The van der Waals surface area contributed by atoms with E-state index in [1.807, 2.05) is 11.8 Å². The van der Waals surface area contributed by atoms with Crippen LogP contribution in [0.5, 0.6) is 0 Å². The first-order chi connectivity index (χ1) is 8.49. The van der Waals surface area contributed by atoms with E-state index in [9.17, 15) is 9.59 Å². The topological polar surface area (TPSA) is 108 Å². The standard InChI is InChI=1S/C11H20N4O3/c1-3-8-6-15(5-4-9(8)14-18)7(2)10(16)13-11(12)17/h7-8,18H,3-6H2,1-2H3,(H3,12,13,16,17). The zero-order valence-corrected chi connectivity index (χ0v) is 10.7. The molecule has 0 spiro atoms. The molecule has 0 radical (unpaired) electrons. The number of nitrogens with zero attached hydrogens (tertiary/aromatic N) is 2. The number of nitrogens with one attached hydrogen (secondary N) is 1. The van der Waals surface area contributed by atoms with E-state index in [1.165, 1.54) is 0 Å². The largest absolute Gasteiger partial charge is 0.411 e. The molecule has 18 heavy (non-hydrogen) atoms. The van der Waals surface area contributed by atoms with Crippen molar-refractivity contribution in [2.75, 3.05) is 13.1 Å². The Morgan fingerprint density at radius 3 is 2.83 bits per heavy atom. The maximum Gasteiger partial charge on any atom is 0.318 e. The molecule has 0 aliphatic carbocycles. The summed E-state index contributed by atoms with van der Waals surface area (Å²) in [7, 11) is 0. The third-order valence-electron chi connectivity index (χ3n) is 3.38. The molecule has 1 saturated heterocycles. The number of piperidine rings is 1. The second-order valence-corrected chi connectivity index (χ2v) is 4.47. The van der Waals surface area contributed by atoms with Gasteiger partial charge in [0.15, 0.2) is 0 Å². The minimum atomic E-state index is -0.839. The first-order valence-corrected chi connectivity index (χ1v) is 6.04. The zero-order valence-electron chi connectivity index (χ0n) is 10.7. The predicted octanol–water partition coefficient (Wildman–Crippen LogP) is 0.132. The van der Waals surface area contributed by atoms with Crippen LogP contribution < -0.4 is 11.1 Å². The Hall–Kier alpha value is -1.63. The average Bonchev–Trinajstić information content (AvgIpc) is 2.36. The van der Waals surface area contributed by atoms with Gasteiger partial charge in [-0.3, -0.25) is 15.0 Å². The van der Waals surface area contributed by atoms with Gasteiger partial charge in [0.05, 0.1) is 11.8 Å². The summed E-state index contributed by atoms with van der Waals surface area (Å²) in [6.45, 7) is 5.01. The Bertz CT molecular complexity index is 356. The van der Waals surface area contributed by atoms with Gasteiger partial charge < -0.3 is 10.9 Å². The van der Waals surface area contributed by atoms with Crippen LogP contribution in [0.3, 0.4) is 0 Å². The molecule has 2 unspecified atom stereocenters. The van der Waals surface area contributed by atoms with E-state index in [4.69, 9.17) is 10.9 Å². The molecule has 0 aromatic carbocycles. The van der Waals surface area contributed by atoms with Gasteiger partial charge in [-0.1, -0.05) is 12.1 Å². The lowest BCUT2D eigenvalue weighted by molar-refractivity contribution is -0.125. The predicted molar refractivity (Wildman–Crippen MR) is 66.4 cm³/mol. The molecule has 1 aliphatic heterocycles. The Morgan fingerprint density at radius 2 is 2.33 bits per heavy atom. The Morgan fingerprint density at radius 1 is 1.67 bits per heavy atom. The number of nitrogens with two attached hydrogens (primary N) is 1. The van der Waals surface area contributed by atoms with Gasteiger partial charge in [-0.15, -0.1) is 0 Å². The number of imide groups is 1. The molecular formula is C11H20N4O3. The second kappa shape index (κ2) is 6.34. The number of likely N-dealkylation sites (tertiary alicyclic amines) is 1. The highest BCUT2D eigenvalue weighted by atomic mass is 16.4. The molecule has 3 amide bonds. The van der Waals surface area contributed by atoms with Crippen LogP contribution in [0, 0.1) is 5.92 Å². The number of primary amides is 1. The second-order valence-electron chi connectivity index (χ2n) is 4.47. The number of hydrogen-bond donors (Lipinski definition) is 3. The van der Waals surface area contributed by atoms with Crippen LogP contribution in [0.1, 0.15) is 26.7 Å². The number of carbonyl (C=O) groups is 2. The molecule has 0 aromatic heterocycles. The molecule has 0 aromatic rings. The summed E-state index contributed by atoms with van der Waals surface area (Å²) in [5.74, 6) is -0.255. The molecule has 1 rings (SSSR count). The minimum Gasteiger partial charge on any atom is -0.411 e. The van der Waals surface area contributed by atoms with Crippen LogP contribution in [0.15, 0.2) is 5.16 Å². The summed E-state index contributed by atoms with van der Waals surface area (Å²) in [5.41, 5.74) is 5.69. The Kier molecular flexibility index (Phi) is 5.08. The zero-order chi connectivity index (χ0) is 13.7. The summed E-state index contributed by atoms with van der Waals surface area (Å²) in [5, 5.41) is 14.3. The highest BCUT2D eigenvalue weighted by Gasteiger charge is 2.30. The highest BCUT2D eigenvalue weighted by Crippen LogP contribution is 2.19. The van der Waals surface area contributed by atoms with Crippen molar-refractivity contribution in [3.8, 4) is 0 Å². The third kappa shape index (κ3) is 3.43. The van der Waals surface area contributed by atoms with Gasteiger partial charge in [-0.05, 0) is 13.3 Å².